The zero-order valence-electron chi connectivity index (χ0n) is 6.07. The molecule has 0 aromatic heterocycles. The van der Waals surface area contributed by atoms with Gasteiger partial charge in [-0.2, -0.15) is 0 Å². The average molecular weight is 186 g/mol. The first-order valence-electron chi connectivity index (χ1n) is 3.10. The summed E-state index contributed by atoms with van der Waals surface area (Å²) in [5.74, 6) is 0.342. The summed E-state index contributed by atoms with van der Waals surface area (Å²) in [6.07, 6.45) is 0.952. The molecule has 10 heavy (non-hydrogen) atoms. The molecule has 0 saturated carbocycles. The van der Waals surface area contributed by atoms with E-state index in [0.29, 0.717) is 12.5 Å². The van der Waals surface area contributed by atoms with Crippen LogP contribution in [0.1, 0.15) is 20.3 Å². The van der Waals surface area contributed by atoms with Crippen LogP contribution in [-0.4, -0.2) is 6.61 Å². The van der Waals surface area contributed by atoms with E-state index in [1.165, 1.54) is 0 Å². The quantitative estimate of drug-likeness (QED) is 0.478. The Morgan fingerprint density at radius 2 is 2.10 bits per heavy atom. The molecule has 0 aliphatic heterocycles. The molecule has 0 heterocycles. The van der Waals surface area contributed by atoms with Gasteiger partial charge in [-0.1, -0.05) is 0 Å². The van der Waals surface area contributed by atoms with Crippen LogP contribution >= 0.6 is 0 Å². The van der Waals surface area contributed by atoms with E-state index < -0.39 is 15.4 Å². The van der Waals surface area contributed by atoms with E-state index in [-0.39, 0.29) is 0 Å². The van der Waals surface area contributed by atoms with Crippen molar-refractivity contribution in [1.29, 1.82) is 0 Å². The van der Waals surface area contributed by atoms with E-state index in [2.05, 4.69) is 8.70 Å². The molecule has 60 valence electrons. The second-order valence-corrected chi connectivity index (χ2v) is 3.03. The molecule has 0 aromatic rings. The van der Waals surface area contributed by atoms with E-state index in [4.69, 9.17) is 0 Å². The number of hydrogen-bond donors (Lipinski definition) is 0. The van der Waals surface area contributed by atoms with E-state index in [1.54, 1.807) is 0 Å². The van der Waals surface area contributed by atoms with Gasteiger partial charge in [0.2, 0.25) is 0 Å². The molecule has 0 spiro atoms. The molecular formula is C5H11O4V. The molecule has 0 fully saturated rings. The Kier molecular flexibility index (Phi) is 5.92. The fourth-order valence-corrected chi connectivity index (χ4v) is 0.537. The molecule has 0 bridgehead atoms. The zero-order valence-corrected chi connectivity index (χ0v) is 7.47. The van der Waals surface area contributed by atoms with Crippen molar-refractivity contribution in [3.8, 4) is 0 Å². The fraction of sp³-hybridized carbons (Fsp3) is 1.00. The van der Waals surface area contributed by atoms with Crippen molar-refractivity contribution in [2.45, 2.75) is 20.3 Å². The molecule has 5 heteroatoms. The Morgan fingerprint density at radius 3 is 2.50 bits per heavy atom. The summed E-state index contributed by atoms with van der Waals surface area (Å²) in [5.41, 5.74) is 0. The topological polar surface area (TPSA) is 52.6 Å². The minimum atomic E-state index is -3.52. The third-order valence-electron chi connectivity index (χ3n) is 1.16. The van der Waals surface area contributed by atoms with Crippen LogP contribution < -0.4 is 0 Å². The average Bonchev–Trinajstić information content (AvgIpc) is 1.87. The predicted octanol–water partition coefficient (Wildman–Crippen LogP) is 1.20. The van der Waals surface area contributed by atoms with Crippen LogP contribution in [0.4, 0.5) is 0 Å². The first kappa shape index (κ1) is 10.1. The number of rotatable bonds is 5. The summed E-state index contributed by atoms with van der Waals surface area (Å²) < 4.78 is 23.6. The van der Waals surface area contributed by atoms with Gasteiger partial charge in [-0.25, -0.2) is 0 Å². The molecule has 0 saturated heterocycles. The first-order valence-corrected chi connectivity index (χ1v) is 4.81. The fourth-order valence-electron chi connectivity index (χ4n) is 0.307. The van der Waals surface area contributed by atoms with Crippen molar-refractivity contribution in [3.05, 3.63) is 0 Å². The van der Waals surface area contributed by atoms with Gasteiger partial charge in [0.05, 0.1) is 0 Å². The van der Waals surface area contributed by atoms with Crippen LogP contribution in [0.25, 0.3) is 0 Å². The van der Waals surface area contributed by atoms with Crippen LogP contribution in [0, 0.1) is 5.92 Å². The molecular weight excluding hydrogens is 175 g/mol. The van der Waals surface area contributed by atoms with Gasteiger partial charge < -0.3 is 0 Å². The first-order chi connectivity index (χ1) is 4.66. The van der Waals surface area contributed by atoms with Crippen LogP contribution in [-0.2, 0) is 31.4 Å². The minimum absolute atomic E-state index is 0.340. The van der Waals surface area contributed by atoms with Crippen LogP contribution in [0.2, 0.25) is 0 Å². The Hall–Kier alpha value is 0.104. The van der Waals surface area contributed by atoms with Crippen molar-refractivity contribution in [1.82, 2.24) is 0 Å². The molecule has 1 atom stereocenters. The Morgan fingerprint density at radius 1 is 1.50 bits per heavy atom. The van der Waals surface area contributed by atoms with Crippen LogP contribution in [0.5, 0.6) is 0 Å². The van der Waals surface area contributed by atoms with Gasteiger partial charge in [0.15, 0.2) is 0 Å². The Bertz CT molecular complexity index is 135. The Balaban J connectivity index is 3.19. The molecule has 0 amide bonds. The van der Waals surface area contributed by atoms with Gasteiger partial charge in [0, 0.05) is 0 Å². The molecule has 0 N–H and O–H groups in total. The second-order valence-electron chi connectivity index (χ2n) is 2.10. The van der Waals surface area contributed by atoms with E-state index in [0.717, 1.165) is 6.42 Å². The number of hydrogen-bond acceptors (Lipinski definition) is 4. The monoisotopic (exact) mass is 186 g/mol. The molecule has 0 aliphatic rings. The van der Waals surface area contributed by atoms with Crippen molar-refractivity contribution in [3.63, 3.8) is 0 Å². The third-order valence-corrected chi connectivity index (χ3v) is 1.52. The molecule has 0 aromatic carbocycles. The van der Waals surface area contributed by atoms with Gasteiger partial charge >= 0.3 is 64.2 Å². The van der Waals surface area contributed by atoms with E-state index in [9.17, 15) is 7.35 Å². The summed E-state index contributed by atoms with van der Waals surface area (Å²) in [5, 5.41) is 0. The standard InChI is InChI=1S/C5H12O2.2O.V/c1-3-5(2)4-7-6;;;/h5-6H,3-4H2,1-2H3;;;/q;;;+1/p-1. The predicted molar refractivity (Wildman–Crippen MR) is 27.9 cm³/mol. The maximum absolute atomic E-state index is 9.84. The van der Waals surface area contributed by atoms with Crippen molar-refractivity contribution >= 4 is 0 Å². The van der Waals surface area contributed by atoms with Gasteiger partial charge in [-0.15, -0.1) is 0 Å². The summed E-state index contributed by atoms with van der Waals surface area (Å²) in [6.45, 7) is 4.29. The van der Waals surface area contributed by atoms with Crippen LogP contribution in [0.15, 0.2) is 0 Å². The van der Waals surface area contributed by atoms with E-state index >= 15 is 0 Å². The maximum atomic E-state index is 9.84. The van der Waals surface area contributed by atoms with Gasteiger partial charge in [0.1, 0.15) is 0 Å². The molecule has 0 rings (SSSR count). The van der Waals surface area contributed by atoms with E-state index in [1.807, 2.05) is 13.8 Å². The third kappa shape index (κ3) is 6.23. The molecule has 0 radical (unpaired) electrons. The van der Waals surface area contributed by atoms with Gasteiger partial charge in [-0.3, -0.25) is 0 Å². The van der Waals surface area contributed by atoms with Crippen molar-refractivity contribution < 1.29 is 31.4 Å². The summed E-state index contributed by atoms with van der Waals surface area (Å²) in [6, 6.07) is 0. The second kappa shape index (κ2) is 5.86. The molecule has 1 unspecified atom stereocenters. The van der Waals surface area contributed by atoms with Gasteiger partial charge in [-0.05, 0) is 0 Å². The molecule has 0 aliphatic carbocycles. The summed E-state index contributed by atoms with van der Waals surface area (Å²) in [7, 11) is 0. The summed E-state index contributed by atoms with van der Waals surface area (Å²) >= 11 is -3.52. The zero-order chi connectivity index (χ0) is 7.98. The Labute approximate surface area is 64.8 Å². The summed E-state index contributed by atoms with van der Waals surface area (Å²) in [4.78, 5) is 4.39. The normalized spacial score (nSPS) is 13.0. The molecule has 4 nitrogen and oxygen atoms in total. The SMILES string of the molecule is CCC(C)CO[O][V](=[O])=[O]. The van der Waals surface area contributed by atoms with Crippen molar-refractivity contribution in [2.24, 2.45) is 5.92 Å². The van der Waals surface area contributed by atoms with Crippen LogP contribution in [0.3, 0.4) is 0 Å². The van der Waals surface area contributed by atoms with Gasteiger partial charge in [0.25, 0.3) is 0 Å². The van der Waals surface area contributed by atoms with Crippen molar-refractivity contribution in [2.75, 3.05) is 6.61 Å².